The van der Waals surface area contributed by atoms with E-state index in [2.05, 4.69) is 9.97 Å². The number of aromatic nitrogens is 2. The van der Waals surface area contributed by atoms with Gasteiger partial charge < -0.3 is 0 Å². The molecule has 0 N–H and O–H groups in total. The van der Waals surface area contributed by atoms with E-state index in [-0.39, 0.29) is 5.82 Å². The highest BCUT2D eigenvalue weighted by molar-refractivity contribution is 7.16. The molecule has 0 aliphatic rings. The second-order valence-corrected chi connectivity index (χ2v) is 5.19. The second kappa shape index (κ2) is 4.30. The lowest BCUT2D eigenvalue weighted by Crippen LogP contribution is -1.93. The minimum atomic E-state index is -0.304. The van der Waals surface area contributed by atoms with Gasteiger partial charge in [0.25, 0.3) is 0 Å². The van der Waals surface area contributed by atoms with Crippen molar-refractivity contribution >= 4 is 33.2 Å². The number of nitrogens with zero attached hydrogens (tertiary/aromatic N) is 2. The van der Waals surface area contributed by atoms with Crippen molar-refractivity contribution < 1.29 is 4.39 Å². The third-order valence-electron chi connectivity index (χ3n) is 2.72. The lowest BCUT2D eigenvalue weighted by molar-refractivity contribution is 0.628. The van der Waals surface area contributed by atoms with Crippen molar-refractivity contribution in [2.45, 2.75) is 6.92 Å². The van der Waals surface area contributed by atoms with Crippen LogP contribution < -0.4 is 0 Å². The van der Waals surface area contributed by atoms with Crippen LogP contribution in [0.3, 0.4) is 0 Å². The molecule has 3 rings (SSSR count). The Labute approximate surface area is 112 Å². The maximum absolute atomic E-state index is 13.3. The van der Waals surface area contributed by atoms with E-state index in [4.69, 9.17) is 11.6 Å². The zero-order chi connectivity index (χ0) is 12.7. The molecular weight excluding hydrogens is 271 g/mol. The number of thiophene rings is 1. The van der Waals surface area contributed by atoms with Gasteiger partial charge in [0.2, 0.25) is 0 Å². The van der Waals surface area contributed by atoms with Crippen LogP contribution in [0.2, 0.25) is 5.15 Å². The van der Waals surface area contributed by atoms with Crippen molar-refractivity contribution in [1.82, 2.24) is 9.97 Å². The molecule has 0 spiro atoms. The summed E-state index contributed by atoms with van der Waals surface area (Å²) < 4.78 is 13.3. The Morgan fingerprint density at radius 3 is 2.89 bits per heavy atom. The van der Waals surface area contributed by atoms with E-state index in [0.717, 1.165) is 15.8 Å². The molecule has 0 amide bonds. The van der Waals surface area contributed by atoms with Crippen molar-refractivity contribution in [2.24, 2.45) is 0 Å². The molecule has 2 aromatic heterocycles. The lowest BCUT2D eigenvalue weighted by atomic mass is 10.1. The van der Waals surface area contributed by atoms with Crippen LogP contribution in [-0.2, 0) is 0 Å². The molecule has 0 bridgehead atoms. The zero-order valence-electron chi connectivity index (χ0n) is 9.45. The van der Waals surface area contributed by atoms with Gasteiger partial charge in [0, 0.05) is 10.9 Å². The predicted molar refractivity (Wildman–Crippen MR) is 72.6 cm³/mol. The maximum atomic E-state index is 13.3. The van der Waals surface area contributed by atoms with Crippen molar-refractivity contribution in [3.63, 3.8) is 0 Å². The summed E-state index contributed by atoms with van der Waals surface area (Å²) >= 11 is 7.60. The van der Waals surface area contributed by atoms with E-state index in [9.17, 15) is 4.39 Å². The van der Waals surface area contributed by atoms with E-state index in [1.807, 2.05) is 18.4 Å². The molecule has 2 heterocycles. The monoisotopic (exact) mass is 278 g/mol. The topological polar surface area (TPSA) is 25.8 Å². The van der Waals surface area contributed by atoms with Crippen molar-refractivity contribution in [3.8, 4) is 11.4 Å². The minimum Gasteiger partial charge on any atom is -0.217 e. The van der Waals surface area contributed by atoms with E-state index in [1.165, 1.54) is 23.5 Å². The summed E-state index contributed by atoms with van der Waals surface area (Å²) in [6.07, 6.45) is 0. The Bertz CT molecular complexity index is 739. The molecule has 3 aromatic rings. The fourth-order valence-electron chi connectivity index (χ4n) is 1.77. The molecule has 0 unspecified atom stereocenters. The normalized spacial score (nSPS) is 11.1. The third kappa shape index (κ3) is 1.87. The van der Waals surface area contributed by atoms with Crippen molar-refractivity contribution in [3.05, 3.63) is 46.2 Å². The molecule has 0 atom stereocenters. The molecule has 90 valence electrons. The molecule has 0 fully saturated rings. The second-order valence-electron chi connectivity index (χ2n) is 3.94. The summed E-state index contributed by atoms with van der Waals surface area (Å²) in [5.41, 5.74) is 1.59. The molecule has 0 saturated heterocycles. The smallest absolute Gasteiger partial charge is 0.162 e. The largest absolute Gasteiger partial charge is 0.217 e. The lowest BCUT2D eigenvalue weighted by Gasteiger charge is -2.05. The van der Waals surface area contributed by atoms with Gasteiger partial charge >= 0.3 is 0 Å². The SMILES string of the molecule is Cc1ccc(F)cc1-c1nc(Cl)c2ccsc2n1. The van der Waals surface area contributed by atoms with Crippen LogP contribution in [0.15, 0.2) is 29.6 Å². The van der Waals surface area contributed by atoms with Crippen LogP contribution in [-0.4, -0.2) is 9.97 Å². The highest BCUT2D eigenvalue weighted by Gasteiger charge is 2.11. The number of aryl methyl sites for hydroxylation is 1. The number of halogens is 2. The molecular formula is C13H8ClFN2S. The molecule has 1 aromatic carbocycles. The van der Waals surface area contributed by atoms with Gasteiger partial charge in [0.1, 0.15) is 15.8 Å². The number of fused-ring (bicyclic) bond motifs is 1. The molecule has 18 heavy (non-hydrogen) atoms. The van der Waals surface area contributed by atoms with Gasteiger partial charge in [-0.25, -0.2) is 14.4 Å². The van der Waals surface area contributed by atoms with E-state index < -0.39 is 0 Å². The van der Waals surface area contributed by atoms with Crippen LogP contribution >= 0.6 is 22.9 Å². The highest BCUT2D eigenvalue weighted by Crippen LogP contribution is 2.29. The highest BCUT2D eigenvalue weighted by atomic mass is 35.5. The average molecular weight is 279 g/mol. The Balaban J connectivity index is 2.27. The molecule has 5 heteroatoms. The first-order chi connectivity index (χ1) is 8.65. The van der Waals surface area contributed by atoms with Gasteiger partial charge in [-0.05, 0) is 36.1 Å². The average Bonchev–Trinajstić information content (AvgIpc) is 2.81. The number of benzene rings is 1. The van der Waals surface area contributed by atoms with Crippen LogP contribution in [0.1, 0.15) is 5.56 Å². The van der Waals surface area contributed by atoms with E-state index >= 15 is 0 Å². The summed E-state index contributed by atoms with van der Waals surface area (Å²) in [6, 6.07) is 6.44. The third-order valence-corrected chi connectivity index (χ3v) is 3.81. The predicted octanol–water partition coefficient (Wildman–Crippen LogP) is 4.46. The van der Waals surface area contributed by atoms with Crippen LogP contribution in [0, 0.1) is 12.7 Å². The van der Waals surface area contributed by atoms with Crippen LogP contribution in [0.4, 0.5) is 4.39 Å². The van der Waals surface area contributed by atoms with Gasteiger partial charge in [0.05, 0.1) is 0 Å². The summed E-state index contributed by atoms with van der Waals surface area (Å²) in [7, 11) is 0. The Hall–Kier alpha value is -1.52. The summed E-state index contributed by atoms with van der Waals surface area (Å²) in [5, 5.41) is 3.15. The Morgan fingerprint density at radius 2 is 2.06 bits per heavy atom. The summed E-state index contributed by atoms with van der Waals surface area (Å²) in [6.45, 7) is 1.89. The summed E-state index contributed by atoms with van der Waals surface area (Å²) in [5.74, 6) is 0.161. The van der Waals surface area contributed by atoms with Crippen molar-refractivity contribution in [2.75, 3.05) is 0 Å². The first-order valence-electron chi connectivity index (χ1n) is 5.32. The fourth-order valence-corrected chi connectivity index (χ4v) is 2.83. The van der Waals surface area contributed by atoms with Crippen LogP contribution in [0.25, 0.3) is 21.6 Å². The van der Waals surface area contributed by atoms with Gasteiger partial charge in [0.15, 0.2) is 5.82 Å². The van der Waals surface area contributed by atoms with Gasteiger partial charge in [-0.3, -0.25) is 0 Å². The molecule has 2 nitrogen and oxygen atoms in total. The first kappa shape index (κ1) is 11.6. The molecule has 0 aliphatic heterocycles. The minimum absolute atomic E-state index is 0.304. The fraction of sp³-hybridized carbons (Fsp3) is 0.0769. The number of hydrogen-bond donors (Lipinski definition) is 0. The van der Waals surface area contributed by atoms with E-state index in [0.29, 0.717) is 16.5 Å². The zero-order valence-corrected chi connectivity index (χ0v) is 11.0. The van der Waals surface area contributed by atoms with Crippen molar-refractivity contribution in [1.29, 1.82) is 0 Å². The van der Waals surface area contributed by atoms with E-state index in [1.54, 1.807) is 6.07 Å². The quantitative estimate of drug-likeness (QED) is 0.614. The maximum Gasteiger partial charge on any atom is 0.162 e. The van der Waals surface area contributed by atoms with Crippen LogP contribution in [0.5, 0.6) is 0 Å². The van der Waals surface area contributed by atoms with Gasteiger partial charge in [-0.2, -0.15) is 0 Å². The Kier molecular flexibility index (Phi) is 2.76. The summed E-state index contributed by atoms with van der Waals surface area (Å²) in [4.78, 5) is 9.48. The standard InChI is InChI=1S/C13H8ClFN2S/c1-7-2-3-8(15)6-10(7)12-16-11(14)9-4-5-18-13(9)17-12/h2-6H,1H3. The molecule has 0 aliphatic carbocycles. The molecule has 0 saturated carbocycles. The van der Waals surface area contributed by atoms with Gasteiger partial charge in [-0.1, -0.05) is 17.7 Å². The molecule has 0 radical (unpaired) electrons. The number of hydrogen-bond acceptors (Lipinski definition) is 3. The van der Waals surface area contributed by atoms with Gasteiger partial charge in [-0.15, -0.1) is 11.3 Å². The first-order valence-corrected chi connectivity index (χ1v) is 6.58. The number of rotatable bonds is 1. The Morgan fingerprint density at radius 1 is 1.22 bits per heavy atom.